The highest BCUT2D eigenvalue weighted by Gasteiger charge is 2.37. The van der Waals surface area contributed by atoms with Gasteiger partial charge in [0.05, 0.1) is 0 Å². The van der Waals surface area contributed by atoms with E-state index in [2.05, 4.69) is 6.92 Å². The molecule has 0 radical (unpaired) electrons. The average molecular weight is 383 g/mol. The second kappa shape index (κ2) is 7.94. The van der Waals surface area contributed by atoms with Gasteiger partial charge in [-0.1, -0.05) is 6.92 Å². The van der Waals surface area contributed by atoms with Gasteiger partial charge in [-0.05, 0) is 62.3 Å². The van der Waals surface area contributed by atoms with Crippen molar-refractivity contribution in [1.82, 2.24) is 9.80 Å². The molecular formula is C22H29N3O3. The highest BCUT2D eigenvalue weighted by atomic mass is 16.2. The summed E-state index contributed by atoms with van der Waals surface area (Å²) in [5, 5.41) is 0. The van der Waals surface area contributed by atoms with Crippen molar-refractivity contribution in [3.8, 4) is 0 Å². The maximum Gasteiger partial charge on any atom is 0.254 e. The van der Waals surface area contributed by atoms with E-state index in [4.69, 9.17) is 0 Å². The fraction of sp³-hybridized carbons (Fsp3) is 0.591. The lowest BCUT2D eigenvalue weighted by molar-refractivity contribution is -0.136. The molecule has 1 atom stereocenters. The van der Waals surface area contributed by atoms with Crippen molar-refractivity contribution in [3.63, 3.8) is 0 Å². The number of hydrogen-bond donors (Lipinski definition) is 0. The Morgan fingerprint density at radius 1 is 0.929 bits per heavy atom. The molecule has 0 N–H and O–H groups in total. The minimum Gasteiger partial charge on any atom is -0.341 e. The number of benzene rings is 1. The van der Waals surface area contributed by atoms with Crippen molar-refractivity contribution in [2.45, 2.75) is 51.5 Å². The lowest BCUT2D eigenvalue weighted by atomic mass is 9.98. The van der Waals surface area contributed by atoms with Crippen LogP contribution >= 0.6 is 0 Å². The Balaban J connectivity index is 1.44. The predicted molar refractivity (Wildman–Crippen MR) is 107 cm³/mol. The Hall–Kier alpha value is -2.37. The molecule has 150 valence electrons. The number of likely N-dealkylation sites (tertiary alicyclic amines) is 2. The van der Waals surface area contributed by atoms with Crippen LogP contribution in [0.2, 0.25) is 0 Å². The molecule has 0 spiro atoms. The number of rotatable bonds is 3. The van der Waals surface area contributed by atoms with E-state index in [0.717, 1.165) is 57.4 Å². The zero-order valence-electron chi connectivity index (χ0n) is 16.6. The average Bonchev–Trinajstić information content (AvgIpc) is 3.37. The van der Waals surface area contributed by atoms with E-state index in [9.17, 15) is 14.4 Å². The van der Waals surface area contributed by atoms with Gasteiger partial charge < -0.3 is 14.7 Å². The van der Waals surface area contributed by atoms with Crippen LogP contribution < -0.4 is 4.90 Å². The minimum atomic E-state index is -0.333. The maximum atomic E-state index is 13.1. The minimum absolute atomic E-state index is 0.0828. The van der Waals surface area contributed by atoms with Crippen LogP contribution in [0.3, 0.4) is 0 Å². The highest BCUT2D eigenvalue weighted by molar-refractivity contribution is 5.99. The summed E-state index contributed by atoms with van der Waals surface area (Å²) in [6, 6.07) is 6.92. The Morgan fingerprint density at radius 3 is 2.29 bits per heavy atom. The van der Waals surface area contributed by atoms with E-state index in [-0.39, 0.29) is 23.8 Å². The first kappa shape index (κ1) is 19.0. The predicted octanol–water partition coefficient (Wildman–Crippen LogP) is 2.68. The molecule has 4 rings (SSSR count). The second-order valence-corrected chi connectivity index (χ2v) is 8.36. The molecule has 6 heteroatoms. The van der Waals surface area contributed by atoms with Gasteiger partial charge in [-0.2, -0.15) is 0 Å². The molecule has 1 aromatic carbocycles. The van der Waals surface area contributed by atoms with Crippen LogP contribution in [0, 0.1) is 5.92 Å². The van der Waals surface area contributed by atoms with Gasteiger partial charge in [0.25, 0.3) is 5.91 Å². The molecule has 0 aliphatic carbocycles. The van der Waals surface area contributed by atoms with Crippen molar-refractivity contribution in [3.05, 3.63) is 29.8 Å². The Kier molecular flexibility index (Phi) is 5.38. The number of carbonyl (C=O) groups is 3. The molecule has 0 unspecified atom stereocenters. The van der Waals surface area contributed by atoms with Crippen LogP contribution in [-0.4, -0.2) is 59.7 Å². The number of anilines is 1. The third kappa shape index (κ3) is 3.64. The van der Waals surface area contributed by atoms with Gasteiger partial charge in [-0.25, -0.2) is 0 Å². The summed E-state index contributed by atoms with van der Waals surface area (Å²) in [4.78, 5) is 43.4. The summed E-state index contributed by atoms with van der Waals surface area (Å²) in [6.45, 7) is 5.20. The molecule has 1 aromatic rings. The molecule has 3 aliphatic rings. The zero-order chi connectivity index (χ0) is 19.7. The Labute approximate surface area is 166 Å². The first-order valence-corrected chi connectivity index (χ1v) is 10.5. The molecule has 28 heavy (non-hydrogen) atoms. The number of nitrogens with zero attached hydrogens (tertiary/aromatic N) is 3. The number of hydrogen-bond acceptors (Lipinski definition) is 3. The largest absolute Gasteiger partial charge is 0.341 e. The van der Waals surface area contributed by atoms with E-state index in [1.807, 2.05) is 17.0 Å². The molecule has 3 aliphatic heterocycles. The molecule has 3 heterocycles. The van der Waals surface area contributed by atoms with Crippen LogP contribution in [0.1, 0.15) is 55.8 Å². The van der Waals surface area contributed by atoms with Crippen LogP contribution in [0.5, 0.6) is 0 Å². The Bertz CT molecular complexity index is 753. The smallest absolute Gasteiger partial charge is 0.254 e. The van der Waals surface area contributed by atoms with Crippen molar-refractivity contribution in [1.29, 1.82) is 0 Å². The van der Waals surface area contributed by atoms with Crippen LogP contribution in [0.15, 0.2) is 24.3 Å². The van der Waals surface area contributed by atoms with E-state index >= 15 is 0 Å². The van der Waals surface area contributed by atoms with Gasteiger partial charge in [0, 0.05) is 43.9 Å². The summed E-state index contributed by atoms with van der Waals surface area (Å²) in [5.74, 6) is 0.837. The third-order valence-corrected chi connectivity index (χ3v) is 6.39. The number of carbonyl (C=O) groups excluding carboxylic acids is 3. The molecule has 3 saturated heterocycles. The first-order chi connectivity index (χ1) is 13.5. The topological polar surface area (TPSA) is 60.9 Å². The molecule has 3 fully saturated rings. The third-order valence-electron chi connectivity index (χ3n) is 6.39. The van der Waals surface area contributed by atoms with Gasteiger partial charge in [-0.3, -0.25) is 14.4 Å². The molecular weight excluding hydrogens is 354 g/mol. The molecule has 0 saturated carbocycles. The van der Waals surface area contributed by atoms with Gasteiger partial charge in [0.2, 0.25) is 11.8 Å². The molecule has 3 amide bonds. The molecule has 6 nitrogen and oxygen atoms in total. The maximum absolute atomic E-state index is 13.1. The van der Waals surface area contributed by atoms with Crippen LogP contribution in [-0.2, 0) is 9.59 Å². The summed E-state index contributed by atoms with van der Waals surface area (Å²) in [5.41, 5.74) is 1.43. The quantitative estimate of drug-likeness (QED) is 0.806. The van der Waals surface area contributed by atoms with Gasteiger partial charge in [0.15, 0.2) is 0 Å². The monoisotopic (exact) mass is 383 g/mol. The zero-order valence-corrected chi connectivity index (χ0v) is 16.6. The molecule has 0 bridgehead atoms. The lowest BCUT2D eigenvalue weighted by Gasteiger charge is -2.34. The molecule has 0 aromatic heterocycles. The summed E-state index contributed by atoms with van der Waals surface area (Å²) in [7, 11) is 0. The van der Waals surface area contributed by atoms with Crippen molar-refractivity contribution >= 4 is 23.4 Å². The fourth-order valence-electron chi connectivity index (χ4n) is 4.58. The number of piperidine rings is 1. The van der Waals surface area contributed by atoms with E-state index in [1.165, 1.54) is 0 Å². The fourth-order valence-corrected chi connectivity index (χ4v) is 4.58. The van der Waals surface area contributed by atoms with Crippen molar-refractivity contribution < 1.29 is 14.4 Å². The van der Waals surface area contributed by atoms with E-state index in [1.54, 1.807) is 21.9 Å². The summed E-state index contributed by atoms with van der Waals surface area (Å²) < 4.78 is 0. The lowest BCUT2D eigenvalue weighted by Crippen LogP contribution is -2.49. The number of amides is 3. The van der Waals surface area contributed by atoms with E-state index < -0.39 is 0 Å². The Morgan fingerprint density at radius 2 is 1.64 bits per heavy atom. The first-order valence-electron chi connectivity index (χ1n) is 10.5. The second-order valence-electron chi connectivity index (χ2n) is 8.36. The van der Waals surface area contributed by atoms with E-state index in [0.29, 0.717) is 24.4 Å². The SMILES string of the molecule is CC1CCN(C(=O)[C@@H]2CCCN2C(=O)c2ccc(N3CCCC3=O)cc2)CC1. The van der Waals surface area contributed by atoms with Crippen LogP contribution in [0.4, 0.5) is 5.69 Å². The summed E-state index contributed by atoms with van der Waals surface area (Å²) in [6.07, 6.45) is 5.18. The summed E-state index contributed by atoms with van der Waals surface area (Å²) >= 11 is 0. The van der Waals surface area contributed by atoms with Gasteiger partial charge in [-0.15, -0.1) is 0 Å². The highest BCUT2D eigenvalue weighted by Crippen LogP contribution is 2.26. The standard InChI is InChI=1S/C22H29N3O3/c1-16-10-14-23(15-11-16)22(28)19-4-2-13-25(19)21(27)17-6-8-18(9-7-17)24-12-3-5-20(24)26/h6-9,16,19H,2-5,10-15H2,1H3/t19-/m0/s1. The van der Waals surface area contributed by atoms with Gasteiger partial charge >= 0.3 is 0 Å². The van der Waals surface area contributed by atoms with Crippen molar-refractivity contribution in [2.75, 3.05) is 31.1 Å². The van der Waals surface area contributed by atoms with Gasteiger partial charge in [0.1, 0.15) is 6.04 Å². The normalized spacial score (nSPS) is 23.5. The van der Waals surface area contributed by atoms with Crippen molar-refractivity contribution in [2.24, 2.45) is 5.92 Å². The van der Waals surface area contributed by atoms with Crippen LogP contribution in [0.25, 0.3) is 0 Å².